The lowest BCUT2D eigenvalue weighted by atomic mass is 10.0. The van der Waals surface area contributed by atoms with Gasteiger partial charge < -0.3 is 21.0 Å². The predicted octanol–water partition coefficient (Wildman–Crippen LogP) is 0.419. The summed E-state index contributed by atoms with van der Waals surface area (Å²) in [6, 6.07) is 2.98. The third-order valence-electron chi connectivity index (χ3n) is 5.67. The molecule has 1 unspecified atom stereocenters. The Bertz CT molecular complexity index is 1240. The van der Waals surface area contributed by atoms with E-state index in [-0.39, 0.29) is 22.2 Å². The van der Waals surface area contributed by atoms with Gasteiger partial charge in [-0.25, -0.2) is 9.78 Å². The monoisotopic (exact) mass is 503 g/mol. The minimum atomic E-state index is -1.18. The van der Waals surface area contributed by atoms with Crippen LogP contribution >= 0.6 is 23.1 Å². The number of aromatic nitrogens is 2. The molecule has 4 rings (SSSR count). The van der Waals surface area contributed by atoms with E-state index in [0.29, 0.717) is 17.9 Å². The summed E-state index contributed by atoms with van der Waals surface area (Å²) in [5.74, 6) is -1.93. The molecule has 2 aromatic heterocycles. The summed E-state index contributed by atoms with van der Waals surface area (Å²) in [5.41, 5.74) is 8.43. The number of hydrogen-bond acceptors (Lipinski definition) is 9. The van der Waals surface area contributed by atoms with E-state index < -0.39 is 29.2 Å². The first-order valence-electron chi connectivity index (χ1n) is 10.2. The second kappa shape index (κ2) is 9.43. The Labute approximate surface area is 203 Å². The largest absolute Gasteiger partial charge is 0.477 e. The molecular weight excluding hydrogens is 480 g/mol. The average Bonchev–Trinajstić information content (AvgIpc) is 3.23. The van der Waals surface area contributed by atoms with Crippen molar-refractivity contribution in [3.63, 3.8) is 0 Å². The number of nitrogens with zero attached hydrogens (tertiary/aromatic N) is 4. The fourth-order valence-corrected chi connectivity index (χ4v) is 5.72. The summed E-state index contributed by atoms with van der Waals surface area (Å²) in [6.07, 6.45) is 1.88. The van der Waals surface area contributed by atoms with E-state index in [9.17, 15) is 19.5 Å². The molecule has 11 nitrogen and oxygen atoms in total. The number of aryl methyl sites for hydroxylation is 1. The quantitative estimate of drug-likeness (QED) is 0.213. The average molecular weight is 504 g/mol. The number of thioether (sulfide) groups is 1. The standard InChI is InChI=1S/C21H22N6O5S2/c1-10-5-4-6-26(11(10)2)7-12-8-33-19-15(18(29)27(19)16(12)20(30)31)24-17(28)14(25-32-3)13-9-34-21(22)23-13/h4-6,9,15,19H,7-8H2,1-3H3,(H3-,22,23,24,28,30,31)/p+1/t15?,19-/m0/s1. The Balaban J connectivity index is 1.55. The van der Waals surface area contributed by atoms with Crippen LogP contribution in [0.25, 0.3) is 0 Å². The van der Waals surface area contributed by atoms with Crippen LogP contribution in [0, 0.1) is 13.8 Å². The molecule has 1 saturated heterocycles. The summed E-state index contributed by atoms with van der Waals surface area (Å²) >= 11 is 2.54. The summed E-state index contributed by atoms with van der Waals surface area (Å²) < 4.78 is 1.96. The first kappa shape index (κ1) is 23.7. The van der Waals surface area contributed by atoms with Gasteiger partial charge in [0.2, 0.25) is 0 Å². The van der Waals surface area contributed by atoms with Crippen molar-refractivity contribution >= 4 is 51.7 Å². The second-order valence-electron chi connectivity index (χ2n) is 7.72. The molecule has 178 valence electrons. The molecule has 0 bridgehead atoms. The molecule has 0 saturated carbocycles. The van der Waals surface area contributed by atoms with E-state index >= 15 is 0 Å². The van der Waals surface area contributed by atoms with Crippen molar-refractivity contribution in [2.45, 2.75) is 31.8 Å². The van der Waals surface area contributed by atoms with Gasteiger partial charge in [0.15, 0.2) is 29.3 Å². The van der Waals surface area contributed by atoms with Gasteiger partial charge in [-0.15, -0.1) is 23.1 Å². The number of oxime groups is 1. The Morgan fingerprint density at radius 3 is 2.85 bits per heavy atom. The number of nitrogens with two attached hydrogens (primary N) is 1. The first-order chi connectivity index (χ1) is 16.2. The zero-order valence-electron chi connectivity index (χ0n) is 18.6. The molecule has 0 radical (unpaired) electrons. The summed E-state index contributed by atoms with van der Waals surface area (Å²) in [6.45, 7) is 4.30. The van der Waals surface area contributed by atoms with Gasteiger partial charge in [-0.1, -0.05) is 5.16 Å². The maximum Gasteiger partial charge on any atom is 0.352 e. The van der Waals surface area contributed by atoms with Crippen LogP contribution in [0.4, 0.5) is 5.13 Å². The van der Waals surface area contributed by atoms with Gasteiger partial charge in [-0.05, 0) is 13.0 Å². The fourth-order valence-electron chi connectivity index (χ4n) is 3.83. The van der Waals surface area contributed by atoms with Crippen molar-refractivity contribution in [2.75, 3.05) is 18.6 Å². The Hall–Kier alpha value is -3.45. The highest BCUT2D eigenvalue weighted by Crippen LogP contribution is 2.40. The number of amides is 2. The van der Waals surface area contributed by atoms with Gasteiger partial charge in [-0.3, -0.25) is 14.5 Å². The zero-order valence-corrected chi connectivity index (χ0v) is 20.3. The molecule has 1 fully saturated rings. The van der Waals surface area contributed by atoms with E-state index in [1.165, 1.54) is 23.8 Å². The molecule has 2 aromatic rings. The van der Waals surface area contributed by atoms with E-state index in [2.05, 4.69) is 15.5 Å². The van der Waals surface area contributed by atoms with Gasteiger partial charge in [0.05, 0.1) is 0 Å². The van der Waals surface area contributed by atoms with Crippen molar-refractivity contribution in [3.05, 3.63) is 51.9 Å². The van der Waals surface area contributed by atoms with Crippen LogP contribution < -0.4 is 15.6 Å². The van der Waals surface area contributed by atoms with Crippen molar-refractivity contribution in [2.24, 2.45) is 5.16 Å². The highest BCUT2D eigenvalue weighted by atomic mass is 32.2. The van der Waals surface area contributed by atoms with Crippen molar-refractivity contribution in [1.82, 2.24) is 15.2 Å². The Morgan fingerprint density at radius 1 is 1.44 bits per heavy atom. The van der Waals surface area contributed by atoms with Crippen LogP contribution in [-0.4, -0.2) is 62.8 Å². The number of anilines is 1. The van der Waals surface area contributed by atoms with Crippen LogP contribution in [0.1, 0.15) is 17.0 Å². The van der Waals surface area contributed by atoms with E-state index in [1.807, 2.05) is 36.7 Å². The number of hydrogen-bond donors (Lipinski definition) is 3. The molecule has 2 aliphatic rings. The van der Waals surface area contributed by atoms with E-state index in [1.54, 1.807) is 5.38 Å². The predicted molar refractivity (Wildman–Crippen MR) is 126 cm³/mol. The minimum Gasteiger partial charge on any atom is -0.477 e. The number of pyridine rings is 1. The smallest absolute Gasteiger partial charge is 0.352 e. The molecule has 4 N–H and O–H groups in total. The maximum atomic E-state index is 13.0. The van der Waals surface area contributed by atoms with Gasteiger partial charge in [-0.2, -0.15) is 4.57 Å². The first-order valence-corrected chi connectivity index (χ1v) is 12.1. The minimum absolute atomic E-state index is 0.0364. The topological polar surface area (TPSA) is 151 Å². The van der Waals surface area contributed by atoms with Crippen LogP contribution in [0.3, 0.4) is 0 Å². The van der Waals surface area contributed by atoms with Crippen LogP contribution in [0.2, 0.25) is 0 Å². The number of thiazole rings is 1. The normalized spacial score (nSPS) is 20.0. The maximum absolute atomic E-state index is 13.0. The molecule has 34 heavy (non-hydrogen) atoms. The van der Waals surface area contributed by atoms with Gasteiger partial charge in [0, 0.05) is 35.3 Å². The SMILES string of the molecule is CON=C(C(=O)NC1C(=O)N2C(C(=O)O)=C(C[n+]3cccc(C)c3C)CS[C@@H]12)c1csc(N)n1. The number of carbonyl (C=O) groups excluding carboxylic acids is 2. The highest BCUT2D eigenvalue weighted by molar-refractivity contribution is 8.00. The van der Waals surface area contributed by atoms with Gasteiger partial charge in [0.1, 0.15) is 29.9 Å². The Kier molecular flexibility index (Phi) is 6.57. The third kappa shape index (κ3) is 4.23. The lowest BCUT2D eigenvalue weighted by molar-refractivity contribution is -0.695. The van der Waals surface area contributed by atoms with Crippen molar-refractivity contribution in [3.8, 4) is 0 Å². The molecule has 2 atom stereocenters. The number of nitrogen functional groups attached to an aromatic ring is 1. The number of carbonyl (C=O) groups is 3. The second-order valence-corrected chi connectivity index (χ2v) is 9.71. The number of aliphatic carboxylic acids is 1. The molecule has 0 aromatic carbocycles. The highest BCUT2D eigenvalue weighted by Gasteiger charge is 2.54. The lowest BCUT2D eigenvalue weighted by Gasteiger charge is -2.49. The molecular formula is C21H23N6O5S2+. The lowest BCUT2D eigenvalue weighted by Crippen LogP contribution is -2.71. The molecule has 13 heteroatoms. The van der Waals surface area contributed by atoms with Crippen LogP contribution in [0.5, 0.6) is 0 Å². The van der Waals surface area contributed by atoms with Crippen LogP contribution in [-0.2, 0) is 25.8 Å². The molecule has 2 amide bonds. The molecule has 0 aliphatic carbocycles. The number of fused-ring (bicyclic) bond motifs is 1. The summed E-state index contributed by atoms with van der Waals surface area (Å²) in [7, 11) is 1.29. The van der Waals surface area contributed by atoms with Gasteiger partial charge in [0.25, 0.3) is 11.8 Å². The number of nitrogens with one attached hydrogen (secondary N) is 1. The Morgan fingerprint density at radius 2 is 2.21 bits per heavy atom. The van der Waals surface area contributed by atoms with Crippen LogP contribution in [0.15, 0.2) is 40.1 Å². The third-order valence-corrected chi connectivity index (χ3v) is 7.69. The van der Waals surface area contributed by atoms with Crippen molar-refractivity contribution in [1.29, 1.82) is 0 Å². The molecule has 0 spiro atoms. The van der Waals surface area contributed by atoms with Gasteiger partial charge >= 0.3 is 5.97 Å². The summed E-state index contributed by atoms with van der Waals surface area (Å²) in [5, 5.41) is 17.5. The van der Waals surface area contributed by atoms with E-state index in [4.69, 9.17) is 10.6 Å². The zero-order chi connectivity index (χ0) is 24.6. The molecule has 2 aliphatic heterocycles. The number of β-lactam (4-membered cyclic amide) rings is 1. The van der Waals surface area contributed by atoms with E-state index in [0.717, 1.165) is 22.6 Å². The van der Waals surface area contributed by atoms with Crippen molar-refractivity contribution < 1.29 is 28.9 Å². The number of carboxylic acid groups (broad SMARTS) is 1. The molecule has 4 heterocycles. The number of carboxylic acids is 1. The fraction of sp³-hybridized carbons (Fsp3) is 0.333. The number of rotatable bonds is 7. The summed E-state index contributed by atoms with van der Waals surface area (Å²) in [4.78, 5) is 48.0.